The minimum atomic E-state index is -0.965. The first-order valence-electron chi connectivity index (χ1n) is 7.89. The molecule has 1 unspecified atom stereocenters. The van der Waals surface area contributed by atoms with Gasteiger partial charge in [-0.1, -0.05) is 56.4 Å². The van der Waals surface area contributed by atoms with E-state index in [2.05, 4.69) is 10.6 Å². The number of rotatable bonds is 9. The standard InChI is InChI=1S/C17H25N3O3S/c1-11(2)8-13(17(22)23)16(24)20-10-19-15(21)14(18)9-12-6-4-3-5-7-12/h3-7,11,13-14H,8-10,18H2,1-2H3,(H,19,21)(H,20,24)(H,22,23)/t13?,14-/m0/s1. The highest BCUT2D eigenvalue weighted by Crippen LogP contribution is 2.13. The molecule has 24 heavy (non-hydrogen) atoms. The summed E-state index contributed by atoms with van der Waals surface area (Å²) >= 11 is 5.12. The fraction of sp³-hybridized carbons (Fsp3) is 0.471. The second-order valence-corrected chi connectivity index (χ2v) is 6.52. The van der Waals surface area contributed by atoms with Crippen LogP contribution in [0.3, 0.4) is 0 Å². The van der Waals surface area contributed by atoms with Crippen LogP contribution in [0, 0.1) is 11.8 Å². The maximum Gasteiger partial charge on any atom is 0.313 e. The third-order valence-corrected chi connectivity index (χ3v) is 3.91. The molecule has 7 heteroatoms. The van der Waals surface area contributed by atoms with Crippen LogP contribution in [-0.4, -0.2) is 34.7 Å². The van der Waals surface area contributed by atoms with E-state index >= 15 is 0 Å². The van der Waals surface area contributed by atoms with Gasteiger partial charge in [0, 0.05) is 0 Å². The van der Waals surface area contributed by atoms with Gasteiger partial charge in [-0.05, 0) is 24.3 Å². The fourth-order valence-electron chi connectivity index (χ4n) is 2.22. The van der Waals surface area contributed by atoms with Gasteiger partial charge >= 0.3 is 5.97 Å². The summed E-state index contributed by atoms with van der Waals surface area (Å²) < 4.78 is 0. The summed E-state index contributed by atoms with van der Waals surface area (Å²) in [5, 5.41) is 14.6. The normalized spacial score (nSPS) is 13.2. The number of carbonyl (C=O) groups excluding carboxylic acids is 1. The van der Waals surface area contributed by atoms with Crippen molar-refractivity contribution in [1.82, 2.24) is 10.6 Å². The van der Waals surface area contributed by atoms with Gasteiger partial charge in [-0.2, -0.15) is 0 Å². The lowest BCUT2D eigenvalue weighted by molar-refractivity contribution is -0.139. The molecule has 2 atom stereocenters. The molecule has 0 spiro atoms. The topological polar surface area (TPSA) is 104 Å². The molecule has 6 nitrogen and oxygen atoms in total. The molecular formula is C17H25N3O3S. The van der Waals surface area contributed by atoms with E-state index in [1.54, 1.807) is 0 Å². The Balaban J connectivity index is 2.40. The van der Waals surface area contributed by atoms with Crippen LogP contribution in [0.2, 0.25) is 0 Å². The Morgan fingerprint density at radius 1 is 1.21 bits per heavy atom. The number of thiocarbonyl (C=S) groups is 1. The van der Waals surface area contributed by atoms with Gasteiger partial charge in [-0.25, -0.2) is 0 Å². The first-order valence-corrected chi connectivity index (χ1v) is 8.29. The quantitative estimate of drug-likeness (QED) is 0.395. The largest absolute Gasteiger partial charge is 0.481 e. The van der Waals surface area contributed by atoms with Crippen molar-refractivity contribution in [3.05, 3.63) is 35.9 Å². The third kappa shape index (κ3) is 7.06. The van der Waals surface area contributed by atoms with Gasteiger partial charge in [-0.3, -0.25) is 9.59 Å². The minimum absolute atomic E-state index is 0.0576. The Kier molecular flexibility index (Phi) is 8.35. The fourth-order valence-corrected chi connectivity index (χ4v) is 2.49. The second kappa shape index (κ2) is 10.00. The Bertz CT molecular complexity index is 563. The van der Waals surface area contributed by atoms with Crippen molar-refractivity contribution in [2.75, 3.05) is 6.67 Å². The lowest BCUT2D eigenvalue weighted by atomic mass is 9.97. The number of carbonyl (C=O) groups is 2. The Morgan fingerprint density at radius 3 is 2.38 bits per heavy atom. The van der Waals surface area contributed by atoms with Crippen LogP contribution in [0.4, 0.5) is 0 Å². The Morgan fingerprint density at radius 2 is 1.83 bits per heavy atom. The first-order chi connectivity index (χ1) is 11.3. The van der Waals surface area contributed by atoms with E-state index in [0.29, 0.717) is 12.8 Å². The summed E-state index contributed by atoms with van der Waals surface area (Å²) in [5.74, 6) is -1.83. The van der Waals surface area contributed by atoms with Gasteiger partial charge in [0.05, 0.1) is 17.7 Å². The van der Waals surface area contributed by atoms with E-state index < -0.39 is 17.9 Å². The highest BCUT2D eigenvalue weighted by molar-refractivity contribution is 7.80. The number of hydrogen-bond donors (Lipinski definition) is 4. The summed E-state index contributed by atoms with van der Waals surface area (Å²) in [5.41, 5.74) is 6.85. The third-order valence-electron chi connectivity index (χ3n) is 3.48. The number of carboxylic acids is 1. The molecule has 0 bridgehead atoms. The Hall–Kier alpha value is -1.99. The van der Waals surface area contributed by atoms with E-state index in [4.69, 9.17) is 18.0 Å². The van der Waals surface area contributed by atoms with Crippen LogP contribution in [0.25, 0.3) is 0 Å². The minimum Gasteiger partial charge on any atom is -0.481 e. The number of amides is 1. The maximum atomic E-state index is 12.0. The van der Waals surface area contributed by atoms with Gasteiger partial charge in [0.15, 0.2) is 0 Å². The van der Waals surface area contributed by atoms with Gasteiger partial charge < -0.3 is 21.5 Å². The molecular weight excluding hydrogens is 326 g/mol. The smallest absolute Gasteiger partial charge is 0.313 e. The van der Waals surface area contributed by atoms with Gasteiger partial charge in [0.25, 0.3) is 0 Å². The van der Waals surface area contributed by atoms with Gasteiger partial charge in [0.2, 0.25) is 5.91 Å². The van der Waals surface area contributed by atoms with Crippen LogP contribution in [0.15, 0.2) is 30.3 Å². The second-order valence-electron chi connectivity index (χ2n) is 6.08. The summed E-state index contributed by atoms with van der Waals surface area (Å²) in [7, 11) is 0. The van der Waals surface area contributed by atoms with Crippen LogP contribution in [0.5, 0.6) is 0 Å². The molecule has 0 fully saturated rings. The zero-order valence-corrected chi connectivity index (χ0v) is 14.8. The molecule has 132 valence electrons. The molecule has 0 aliphatic heterocycles. The van der Waals surface area contributed by atoms with E-state index in [1.165, 1.54) is 0 Å². The van der Waals surface area contributed by atoms with Crippen molar-refractivity contribution in [2.24, 2.45) is 17.6 Å². The number of carboxylic acid groups (broad SMARTS) is 1. The lowest BCUT2D eigenvalue weighted by Gasteiger charge is -2.18. The molecule has 0 aliphatic carbocycles. The van der Waals surface area contributed by atoms with E-state index in [9.17, 15) is 14.7 Å². The average molecular weight is 351 g/mol. The van der Waals surface area contributed by atoms with Gasteiger partial charge in [0.1, 0.15) is 5.92 Å². The lowest BCUT2D eigenvalue weighted by Crippen LogP contribution is -2.47. The molecule has 1 aromatic rings. The number of hydrogen-bond acceptors (Lipinski definition) is 4. The monoisotopic (exact) mass is 351 g/mol. The molecule has 5 N–H and O–H groups in total. The molecule has 1 rings (SSSR count). The van der Waals surface area contributed by atoms with Crippen molar-refractivity contribution >= 4 is 29.1 Å². The molecule has 0 saturated carbocycles. The average Bonchev–Trinajstić information content (AvgIpc) is 2.52. The highest BCUT2D eigenvalue weighted by Gasteiger charge is 2.23. The van der Waals surface area contributed by atoms with Crippen molar-refractivity contribution in [3.63, 3.8) is 0 Å². The summed E-state index contributed by atoms with van der Waals surface area (Å²) in [4.78, 5) is 23.4. The van der Waals surface area contributed by atoms with Crippen LogP contribution in [0.1, 0.15) is 25.8 Å². The molecule has 1 aromatic carbocycles. The summed E-state index contributed by atoms with van der Waals surface area (Å²) in [6, 6.07) is 8.82. The SMILES string of the molecule is CC(C)CC(C(=O)O)C(=S)NCNC(=O)[C@@H](N)Cc1ccccc1. The zero-order valence-electron chi connectivity index (χ0n) is 14.0. The number of nitrogens with one attached hydrogen (secondary N) is 2. The predicted octanol–water partition coefficient (Wildman–Crippen LogP) is 1.29. The van der Waals surface area contributed by atoms with E-state index in [1.807, 2.05) is 44.2 Å². The molecule has 0 saturated heterocycles. The van der Waals surface area contributed by atoms with Crippen molar-refractivity contribution in [2.45, 2.75) is 32.7 Å². The number of benzene rings is 1. The predicted molar refractivity (Wildman–Crippen MR) is 97.4 cm³/mol. The maximum absolute atomic E-state index is 12.0. The number of nitrogens with two attached hydrogens (primary N) is 1. The number of aliphatic carboxylic acids is 1. The molecule has 0 aromatic heterocycles. The van der Waals surface area contributed by atoms with E-state index in [0.717, 1.165) is 5.56 Å². The first kappa shape index (κ1) is 20.1. The van der Waals surface area contributed by atoms with E-state index in [-0.39, 0.29) is 23.5 Å². The molecule has 0 radical (unpaired) electrons. The summed E-state index contributed by atoms with van der Waals surface area (Å²) in [6.45, 7) is 3.92. The Labute approximate surface area is 147 Å². The summed E-state index contributed by atoms with van der Waals surface area (Å²) in [6.07, 6.45) is 0.880. The van der Waals surface area contributed by atoms with Crippen molar-refractivity contribution in [1.29, 1.82) is 0 Å². The van der Waals surface area contributed by atoms with Gasteiger partial charge in [-0.15, -0.1) is 0 Å². The zero-order chi connectivity index (χ0) is 18.1. The van der Waals surface area contributed by atoms with Crippen LogP contribution < -0.4 is 16.4 Å². The van der Waals surface area contributed by atoms with Crippen molar-refractivity contribution in [3.8, 4) is 0 Å². The molecule has 0 heterocycles. The van der Waals surface area contributed by atoms with Crippen LogP contribution >= 0.6 is 12.2 Å². The van der Waals surface area contributed by atoms with Crippen molar-refractivity contribution < 1.29 is 14.7 Å². The molecule has 0 aliphatic rings. The molecule has 1 amide bonds. The highest BCUT2D eigenvalue weighted by atomic mass is 32.1. The van der Waals surface area contributed by atoms with Crippen LogP contribution in [-0.2, 0) is 16.0 Å².